The number of nitrogens with one attached hydrogen (secondary N) is 1. The predicted molar refractivity (Wildman–Crippen MR) is 140 cm³/mol. The van der Waals surface area contributed by atoms with E-state index in [1.165, 1.54) is 11.0 Å². The molecule has 0 saturated carbocycles. The third-order valence-corrected chi connectivity index (χ3v) is 8.00. The van der Waals surface area contributed by atoms with Gasteiger partial charge in [0.25, 0.3) is 5.91 Å². The van der Waals surface area contributed by atoms with E-state index in [4.69, 9.17) is 16.3 Å². The summed E-state index contributed by atoms with van der Waals surface area (Å²) in [5, 5.41) is 2.51. The first-order valence-corrected chi connectivity index (χ1v) is 13.5. The Hall–Kier alpha value is -3.35. The molecule has 1 N–H and O–H groups in total. The van der Waals surface area contributed by atoms with Crippen LogP contribution in [0.1, 0.15) is 34.3 Å². The van der Waals surface area contributed by atoms with Crippen LogP contribution in [-0.2, 0) is 27.4 Å². The number of piperidine rings is 1. The Morgan fingerprint density at radius 3 is 2.56 bits per heavy atom. The van der Waals surface area contributed by atoms with E-state index in [0.717, 1.165) is 24.5 Å². The minimum absolute atomic E-state index is 0.177. The third-order valence-electron chi connectivity index (χ3n) is 7.82. The molecule has 0 spiro atoms. The van der Waals surface area contributed by atoms with Crippen molar-refractivity contribution in [1.29, 1.82) is 0 Å². The van der Waals surface area contributed by atoms with Crippen LogP contribution >= 0.6 is 11.6 Å². The molecule has 1 atom stereocenters. The van der Waals surface area contributed by atoms with Gasteiger partial charge < -0.3 is 19.4 Å². The van der Waals surface area contributed by atoms with Gasteiger partial charge in [-0.1, -0.05) is 0 Å². The summed E-state index contributed by atoms with van der Waals surface area (Å²) in [5.41, 5.74) is 2.41. The summed E-state index contributed by atoms with van der Waals surface area (Å²) in [6.07, 6.45) is 2.22. The number of aromatic nitrogens is 2. The lowest BCUT2D eigenvalue weighted by Crippen LogP contribution is -2.52. The quantitative estimate of drug-likeness (QED) is 0.428. The molecule has 39 heavy (non-hydrogen) atoms. The monoisotopic (exact) mass is 557 g/mol. The maximum atomic E-state index is 15.2. The minimum atomic E-state index is -0.725. The average Bonchev–Trinajstić information content (AvgIpc) is 3.25. The van der Waals surface area contributed by atoms with E-state index in [0.29, 0.717) is 57.2 Å². The average molecular weight is 558 g/mol. The molecule has 6 rings (SSSR count). The number of fused-ring (bicyclic) bond motifs is 1. The van der Waals surface area contributed by atoms with Crippen LogP contribution in [0.4, 0.5) is 15.9 Å². The van der Waals surface area contributed by atoms with Crippen molar-refractivity contribution in [3.63, 3.8) is 0 Å². The topological polar surface area (TPSA) is 111 Å². The largest absolute Gasteiger partial charge is 0.378 e. The molecular weight excluding hydrogens is 529 g/mol. The van der Waals surface area contributed by atoms with Gasteiger partial charge in [0.15, 0.2) is 0 Å². The van der Waals surface area contributed by atoms with Crippen LogP contribution in [0, 0.1) is 5.82 Å². The first-order chi connectivity index (χ1) is 18.9. The molecule has 3 saturated heterocycles. The number of morpholine rings is 1. The van der Waals surface area contributed by atoms with E-state index in [-0.39, 0.29) is 42.0 Å². The lowest BCUT2D eigenvalue weighted by atomic mass is 10.0. The standard InChI is InChI=1S/C26H29ClFN7O4/c27-26-29-13-17(23(31-26)34-7-9-39-10-8-34)14-32-3-5-33(6-4-32)21-11-16-15-35(25(38)18(16)12-19(21)28)20-1-2-22(36)30-24(20)37/h11-13,20H,1-10,14-15H2,(H,30,36,37). The van der Waals surface area contributed by atoms with E-state index >= 15 is 4.39 Å². The summed E-state index contributed by atoms with van der Waals surface area (Å²) in [6.45, 7) is 6.29. The number of ether oxygens (including phenoxy) is 1. The zero-order valence-corrected chi connectivity index (χ0v) is 22.1. The number of hydrogen-bond donors (Lipinski definition) is 1. The maximum Gasteiger partial charge on any atom is 0.255 e. The van der Waals surface area contributed by atoms with Crippen molar-refractivity contribution < 1.29 is 23.5 Å². The maximum absolute atomic E-state index is 15.2. The smallest absolute Gasteiger partial charge is 0.255 e. The molecule has 11 nitrogen and oxygen atoms in total. The van der Waals surface area contributed by atoms with E-state index in [1.807, 2.05) is 4.90 Å². The number of carbonyl (C=O) groups excluding carboxylic acids is 3. The second-order valence-corrected chi connectivity index (χ2v) is 10.5. The first kappa shape index (κ1) is 25.9. The molecular formula is C26H29ClFN7O4. The molecule has 0 aliphatic carbocycles. The van der Waals surface area contributed by atoms with Crippen molar-refractivity contribution in [1.82, 2.24) is 25.1 Å². The third kappa shape index (κ3) is 5.15. The Bertz CT molecular complexity index is 1310. The van der Waals surface area contributed by atoms with Gasteiger partial charge in [0, 0.05) is 76.1 Å². The molecule has 3 fully saturated rings. The molecule has 3 amide bonds. The molecule has 1 aromatic carbocycles. The van der Waals surface area contributed by atoms with Gasteiger partial charge in [-0.2, -0.15) is 0 Å². The van der Waals surface area contributed by atoms with Gasteiger partial charge in [-0.3, -0.25) is 24.6 Å². The number of anilines is 2. The van der Waals surface area contributed by atoms with Crippen molar-refractivity contribution in [3.05, 3.63) is 46.1 Å². The number of piperazine rings is 1. The molecule has 2 aromatic rings. The van der Waals surface area contributed by atoms with E-state index in [2.05, 4.69) is 25.1 Å². The highest BCUT2D eigenvalue weighted by molar-refractivity contribution is 6.28. The number of amides is 3. The van der Waals surface area contributed by atoms with Crippen LogP contribution in [0.2, 0.25) is 5.28 Å². The van der Waals surface area contributed by atoms with Crippen molar-refractivity contribution in [3.8, 4) is 0 Å². The second kappa shape index (κ2) is 10.7. The van der Waals surface area contributed by atoms with Gasteiger partial charge in [-0.15, -0.1) is 0 Å². The fraction of sp³-hybridized carbons (Fsp3) is 0.500. The Kier molecular flexibility index (Phi) is 7.08. The Morgan fingerprint density at radius 1 is 1.05 bits per heavy atom. The predicted octanol–water partition coefficient (Wildman–Crippen LogP) is 1.19. The number of carbonyl (C=O) groups is 3. The van der Waals surface area contributed by atoms with Crippen LogP contribution in [-0.4, -0.2) is 96.0 Å². The molecule has 13 heteroatoms. The summed E-state index contributed by atoms with van der Waals surface area (Å²) < 4.78 is 20.7. The lowest BCUT2D eigenvalue weighted by Gasteiger charge is -2.37. The van der Waals surface area contributed by atoms with Gasteiger partial charge in [0.2, 0.25) is 17.1 Å². The summed E-state index contributed by atoms with van der Waals surface area (Å²) in [5.74, 6) is -0.825. The SMILES string of the molecule is O=C1CCC(N2Cc3cc(N4CCN(Cc5cnc(Cl)nc5N5CCOCC5)CC4)c(F)cc3C2=O)C(=O)N1. The van der Waals surface area contributed by atoms with Gasteiger partial charge in [0.05, 0.1) is 18.9 Å². The van der Waals surface area contributed by atoms with E-state index < -0.39 is 17.8 Å². The molecule has 1 unspecified atom stereocenters. The number of nitrogens with zero attached hydrogens (tertiary/aromatic N) is 6. The van der Waals surface area contributed by atoms with Crippen LogP contribution in [0.15, 0.2) is 18.3 Å². The number of halogens is 2. The van der Waals surface area contributed by atoms with Gasteiger partial charge in [-0.25, -0.2) is 14.4 Å². The summed E-state index contributed by atoms with van der Waals surface area (Å²) in [6, 6.07) is 2.29. The normalized spacial score (nSPS) is 22.4. The number of benzene rings is 1. The van der Waals surface area contributed by atoms with Crippen LogP contribution in [0.3, 0.4) is 0 Å². The van der Waals surface area contributed by atoms with Crippen molar-refractivity contribution in [2.24, 2.45) is 0 Å². The van der Waals surface area contributed by atoms with Crippen LogP contribution in [0.5, 0.6) is 0 Å². The Labute approximate surface area is 229 Å². The number of rotatable bonds is 5. The fourth-order valence-corrected chi connectivity index (χ4v) is 5.87. The molecule has 4 aliphatic rings. The Balaban J connectivity index is 1.12. The molecule has 206 valence electrons. The molecule has 0 radical (unpaired) electrons. The van der Waals surface area contributed by atoms with E-state index in [9.17, 15) is 14.4 Å². The molecule has 5 heterocycles. The lowest BCUT2D eigenvalue weighted by molar-refractivity contribution is -0.136. The zero-order chi connectivity index (χ0) is 27.1. The van der Waals surface area contributed by atoms with Crippen LogP contribution < -0.4 is 15.1 Å². The van der Waals surface area contributed by atoms with Gasteiger partial charge in [0.1, 0.15) is 17.7 Å². The van der Waals surface area contributed by atoms with Gasteiger partial charge >= 0.3 is 0 Å². The summed E-state index contributed by atoms with van der Waals surface area (Å²) in [7, 11) is 0. The van der Waals surface area contributed by atoms with Crippen molar-refractivity contribution in [2.75, 3.05) is 62.3 Å². The highest BCUT2D eigenvalue weighted by Crippen LogP contribution is 2.33. The fourth-order valence-electron chi connectivity index (χ4n) is 5.74. The summed E-state index contributed by atoms with van der Waals surface area (Å²) >= 11 is 6.10. The Morgan fingerprint density at radius 2 is 1.82 bits per heavy atom. The van der Waals surface area contributed by atoms with E-state index in [1.54, 1.807) is 12.3 Å². The van der Waals surface area contributed by atoms with Crippen molar-refractivity contribution in [2.45, 2.75) is 32.0 Å². The molecule has 1 aromatic heterocycles. The summed E-state index contributed by atoms with van der Waals surface area (Å²) in [4.78, 5) is 53.4. The first-order valence-electron chi connectivity index (χ1n) is 13.2. The minimum Gasteiger partial charge on any atom is -0.378 e. The van der Waals surface area contributed by atoms with Crippen LogP contribution in [0.25, 0.3) is 0 Å². The second-order valence-electron chi connectivity index (χ2n) is 10.2. The van der Waals surface area contributed by atoms with Gasteiger partial charge in [-0.05, 0) is 35.7 Å². The highest BCUT2D eigenvalue weighted by Gasteiger charge is 2.40. The number of hydrogen-bond acceptors (Lipinski definition) is 9. The molecule has 0 bridgehead atoms. The molecule has 4 aliphatic heterocycles. The van der Waals surface area contributed by atoms with Crippen molar-refractivity contribution >= 4 is 40.8 Å². The highest BCUT2D eigenvalue weighted by atomic mass is 35.5. The zero-order valence-electron chi connectivity index (χ0n) is 21.4. The number of imide groups is 1.